The molecule has 1 atom stereocenters. The fourth-order valence-electron chi connectivity index (χ4n) is 1.09. The largest absolute Gasteiger partial charge is 0.349 e. The van der Waals surface area contributed by atoms with Crippen LogP contribution in [0.1, 0.15) is 34.1 Å². The third kappa shape index (κ3) is 5.42. The molecule has 1 amide bonds. The van der Waals surface area contributed by atoms with Crippen molar-refractivity contribution < 1.29 is 4.79 Å². The molecule has 0 saturated heterocycles. The summed E-state index contributed by atoms with van der Waals surface area (Å²) in [6.07, 6.45) is 1.11. The van der Waals surface area contributed by atoms with Crippen LogP contribution in [-0.4, -0.2) is 29.5 Å². The van der Waals surface area contributed by atoms with Gasteiger partial charge in [0.25, 0.3) is 0 Å². The molecule has 0 aliphatic heterocycles. The molecule has 0 bridgehead atoms. The molecule has 0 aromatic rings. The maximum Gasteiger partial charge on any atom is 0.230 e. The number of nitrogens with one attached hydrogen (secondary N) is 1. The summed E-state index contributed by atoms with van der Waals surface area (Å²) in [5, 5.41) is 3.02. The number of carbonyl (C=O) groups excluding carboxylic acids is 1. The number of hydrogen-bond acceptors (Lipinski definition) is 3. The average Bonchev–Trinajstić information content (AvgIpc) is 2.17. The number of carbonyl (C=O) groups is 1. The van der Waals surface area contributed by atoms with Gasteiger partial charge in [0.2, 0.25) is 5.91 Å². The van der Waals surface area contributed by atoms with Crippen LogP contribution >= 0.6 is 11.8 Å². The molecular weight excluding hydrogens is 208 g/mol. The molecule has 4 heteroatoms. The van der Waals surface area contributed by atoms with E-state index in [-0.39, 0.29) is 11.4 Å². The predicted octanol–water partition coefficient (Wildman–Crippen LogP) is 1.62. The topological polar surface area (TPSA) is 55.1 Å². The minimum atomic E-state index is -0.274. The molecule has 0 aliphatic carbocycles. The molecule has 0 fully saturated rings. The molecule has 1 unspecified atom stereocenters. The van der Waals surface area contributed by atoms with E-state index in [0.29, 0.717) is 18.2 Å². The van der Waals surface area contributed by atoms with Crippen molar-refractivity contribution in [3.05, 3.63) is 0 Å². The van der Waals surface area contributed by atoms with Crippen molar-refractivity contribution in [2.24, 2.45) is 11.7 Å². The predicted molar refractivity (Wildman–Crippen MR) is 68.1 cm³/mol. The normalized spacial score (nSPS) is 15.1. The van der Waals surface area contributed by atoms with E-state index in [1.54, 1.807) is 11.8 Å². The molecule has 0 heterocycles. The summed E-state index contributed by atoms with van der Waals surface area (Å²) in [6.45, 7) is 8.75. The fourth-order valence-corrected chi connectivity index (χ4v) is 1.79. The van der Waals surface area contributed by atoms with Crippen LogP contribution in [-0.2, 0) is 4.79 Å². The Morgan fingerprint density at radius 2 is 2.13 bits per heavy atom. The van der Waals surface area contributed by atoms with Crippen LogP contribution in [0, 0.1) is 5.92 Å². The minimum absolute atomic E-state index is 0.0927. The minimum Gasteiger partial charge on any atom is -0.349 e. The lowest BCUT2D eigenvalue weighted by Gasteiger charge is -2.33. The lowest BCUT2D eigenvalue weighted by molar-refractivity contribution is -0.120. The first-order valence-corrected chi connectivity index (χ1v) is 6.70. The van der Waals surface area contributed by atoms with Crippen LogP contribution < -0.4 is 11.1 Å². The SMILES string of the molecule is CCCSCC(=O)NC(C)(CN)C(C)C. The lowest BCUT2D eigenvalue weighted by Crippen LogP contribution is -2.55. The maximum absolute atomic E-state index is 11.6. The third-order valence-electron chi connectivity index (χ3n) is 2.70. The first-order valence-electron chi connectivity index (χ1n) is 5.55. The Bertz CT molecular complexity index is 197. The molecule has 90 valence electrons. The lowest BCUT2D eigenvalue weighted by atomic mass is 9.88. The highest BCUT2D eigenvalue weighted by molar-refractivity contribution is 7.99. The Kier molecular flexibility index (Phi) is 7.02. The zero-order valence-corrected chi connectivity index (χ0v) is 11.1. The number of rotatable bonds is 7. The molecular formula is C11H24N2OS. The van der Waals surface area contributed by atoms with E-state index in [2.05, 4.69) is 26.1 Å². The maximum atomic E-state index is 11.6. The van der Waals surface area contributed by atoms with Crippen molar-refractivity contribution in [3.8, 4) is 0 Å². The Balaban J connectivity index is 4.02. The molecule has 0 rings (SSSR count). The van der Waals surface area contributed by atoms with Crippen LogP contribution in [0.3, 0.4) is 0 Å². The van der Waals surface area contributed by atoms with Crippen LogP contribution in [0.25, 0.3) is 0 Å². The molecule has 0 spiro atoms. The van der Waals surface area contributed by atoms with E-state index in [9.17, 15) is 4.79 Å². The Morgan fingerprint density at radius 1 is 1.53 bits per heavy atom. The van der Waals surface area contributed by atoms with Crippen molar-refractivity contribution in [2.45, 2.75) is 39.7 Å². The Morgan fingerprint density at radius 3 is 2.53 bits per heavy atom. The zero-order valence-electron chi connectivity index (χ0n) is 10.3. The Hall–Kier alpha value is -0.220. The highest BCUT2D eigenvalue weighted by Gasteiger charge is 2.28. The van der Waals surface area contributed by atoms with Crippen LogP contribution in [0.5, 0.6) is 0 Å². The average molecular weight is 232 g/mol. The highest BCUT2D eigenvalue weighted by atomic mass is 32.2. The first-order chi connectivity index (χ1) is 6.96. The molecule has 3 nitrogen and oxygen atoms in total. The second kappa shape index (κ2) is 7.12. The van der Waals surface area contributed by atoms with E-state index < -0.39 is 0 Å². The standard InChI is InChI=1S/C11H24N2OS/c1-5-6-15-7-10(14)13-11(4,8-12)9(2)3/h9H,5-8,12H2,1-4H3,(H,13,14). The van der Waals surface area contributed by atoms with Crippen molar-refractivity contribution in [1.29, 1.82) is 0 Å². The molecule has 15 heavy (non-hydrogen) atoms. The van der Waals surface area contributed by atoms with Crippen LogP contribution in [0.4, 0.5) is 0 Å². The second-order valence-electron chi connectivity index (χ2n) is 4.38. The molecule has 0 aromatic heterocycles. The molecule has 0 radical (unpaired) electrons. The summed E-state index contributed by atoms with van der Waals surface area (Å²) in [6, 6.07) is 0. The van der Waals surface area contributed by atoms with Gasteiger partial charge in [0, 0.05) is 6.54 Å². The van der Waals surface area contributed by atoms with Gasteiger partial charge in [0.1, 0.15) is 0 Å². The second-order valence-corrected chi connectivity index (χ2v) is 5.48. The van der Waals surface area contributed by atoms with Gasteiger partial charge in [-0.25, -0.2) is 0 Å². The highest BCUT2D eigenvalue weighted by Crippen LogP contribution is 2.15. The van der Waals surface area contributed by atoms with Crippen molar-refractivity contribution in [1.82, 2.24) is 5.32 Å². The zero-order chi connectivity index (χ0) is 11.9. The van der Waals surface area contributed by atoms with Gasteiger partial charge in [0.15, 0.2) is 0 Å². The van der Waals surface area contributed by atoms with E-state index in [1.807, 2.05) is 6.92 Å². The van der Waals surface area contributed by atoms with E-state index >= 15 is 0 Å². The number of thioether (sulfide) groups is 1. The van der Waals surface area contributed by atoms with Gasteiger partial charge in [-0.2, -0.15) is 11.8 Å². The molecule has 0 aliphatic rings. The van der Waals surface area contributed by atoms with Crippen LogP contribution in [0.2, 0.25) is 0 Å². The molecule has 0 aromatic carbocycles. The van der Waals surface area contributed by atoms with Gasteiger partial charge >= 0.3 is 0 Å². The van der Waals surface area contributed by atoms with Gasteiger partial charge < -0.3 is 11.1 Å². The van der Waals surface area contributed by atoms with Crippen molar-refractivity contribution in [3.63, 3.8) is 0 Å². The van der Waals surface area contributed by atoms with Gasteiger partial charge in [-0.15, -0.1) is 0 Å². The van der Waals surface area contributed by atoms with E-state index in [4.69, 9.17) is 5.73 Å². The van der Waals surface area contributed by atoms with Gasteiger partial charge in [-0.05, 0) is 25.0 Å². The summed E-state index contributed by atoms with van der Waals surface area (Å²) in [5.41, 5.74) is 5.42. The summed E-state index contributed by atoms with van der Waals surface area (Å²) in [4.78, 5) is 11.6. The van der Waals surface area contributed by atoms with Gasteiger partial charge in [-0.1, -0.05) is 20.8 Å². The summed E-state index contributed by atoms with van der Waals surface area (Å²) >= 11 is 1.67. The summed E-state index contributed by atoms with van der Waals surface area (Å²) in [5.74, 6) is 2.02. The van der Waals surface area contributed by atoms with Crippen molar-refractivity contribution >= 4 is 17.7 Å². The molecule has 0 saturated carbocycles. The summed E-state index contributed by atoms with van der Waals surface area (Å²) < 4.78 is 0. The first kappa shape index (κ1) is 14.8. The third-order valence-corrected chi connectivity index (χ3v) is 3.87. The number of amides is 1. The molecule has 3 N–H and O–H groups in total. The van der Waals surface area contributed by atoms with Crippen LogP contribution in [0.15, 0.2) is 0 Å². The Labute approximate surface area is 97.6 Å². The quantitative estimate of drug-likeness (QED) is 0.656. The number of hydrogen-bond donors (Lipinski definition) is 2. The van der Waals surface area contributed by atoms with E-state index in [1.165, 1.54) is 0 Å². The fraction of sp³-hybridized carbons (Fsp3) is 0.909. The summed E-state index contributed by atoms with van der Waals surface area (Å²) in [7, 11) is 0. The van der Waals surface area contributed by atoms with Gasteiger partial charge in [-0.3, -0.25) is 4.79 Å². The number of nitrogens with two attached hydrogens (primary N) is 1. The van der Waals surface area contributed by atoms with Gasteiger partial charge in [0.05, 0.1) is 11.3 Å². The van der Waals surface area contributed by atoms with E-state index in [0.717, 1.165) is 12.2 Å². The van der Waals surface area contributed by atoms with Crippen molar-refractivity contribution in [2.75, 3.05) is 18.1 Å². The smallest absolute Gasteiger partial charge is 0.230 e. The monoisotopic (exact) mass is 232 g/mol.